The molecule has 0 N–H and O–H groups in total. The third kappa shape index (κ3) is 3.37. The molecular formula is C15H15N3O3S2. The lowest BCUT2D eigenvalue weighted by molar-refractivity contribution is -0.121. The number of carbonyl (C=O) groups excluding carboxylic acids is 2. The first kappa shape index (κ1) is 15.9. The van der Waals surface area contributed by atoms with Crippen molar-refractivity contribution in [3.05, 3.63) is 29.3 Å². The molecule has 23 heavy (non-hydrogen) atoms. The lowest BCUT2D eigenvalue weighted by atomic mass is 10.3. The summed E-state index contributed by atoms with van der Waals surface area (Å²) in [5.41, 5.74) is 0.569. The summed E-state index contributed by atoms with van der Waals surface area (Å²) < 4.78 is 6.08. The van der Waals surface area contributed by atoms with E-state index < -0.39 is 5.25 Å². The quantitative estimate of drug-likeness (QED) is 0.773. The largest absolute Gasteiger partial charge is 0.494 e. The van der Waals surface area contributed by atoms with Crippen LogP contribution in [0, 0.1) is 6.92 Å². The third-order valence-electron chi connectivity index (χ3n) is 3.26. The Morgan fingerprint density at radius 1 is 1.30 bits per heavy atom. The fourth-order valence-electron chi connectivity index (χ4n) is 2.27. The van der Waals surface area contributed by atoms with Gasteiger partial charge in [-0.05, 0) is 38.1 Å². The molecule has 0 unspecified atom stereocenters. The Morgan fingerprint density at radius 2 is 2.04 bits per heavy atom. The summed E-state index contributed by atoms with van der Waals surface area (Å²) in [6, 6.07) is 6.97. The molecule has 6 nitrogen and oxygen atoms in total. The number of thioether (sulfide) groups is 1. The second-order valence-corrected chi connectivity index (χ2v) is 7.52. The van der Waals surface area contributed by atoms with Crippen LogP contribution in [0.5, 0.6) is 5.75 Å². The van der Waals surface area contributed by atoms with Gasteiger partial charge in [-0.3, -0.25) is 9.59 Å². The second kappa shape index (κ2) is 6.67. The number of hydrogen-bond acceptors (Lipinski definition) is 7. The van der Waals surface area contributed by atoms with Gasteiger partial charge in [-0.25, -0.2) is 4.90 Å². The molecule has 0 saturated carbocycles. The van der Waals surface area contributed by atoms with E-state index in [9.17, 15) is 9.59 Å². The van der Waals surface area contributed by atoms with E-state index in [1.807, 2.05) is 13.8 Å². The molecule has 0 radical (unpaired) electrons. The highest BCUT2D eigenvalue weighted by molar-refractivity contribution is 8.02. The molecule has 1 atom stereocenters. The summed E-state index contributed by atoms with van der Waals surface area (Å²) in [4.78, 5) is 26.0. The minimum Gasteiger partial charge on any atom is -0.494 e. The van der Waals surface area contributed by atoms with Gasteiger partial charge >= 0.3 is 0 Å². The van der Waals surface area contributed by atoms with Crippen LogP contribution >= 0.6 is 23.1 Å². The number of nitrogens with zero attached hydrogens (tertiary/aromatic N) is 3. The van der Waals surface area contributed by atoms with Gasteiger partial charge in [0.15, 0.2) is 4.34 Å². The van der Waals surface area contributed by atoms with Gasteiger partial charge in [0.1, 0.15) is 16.0 Å². The summed E-state index contributed by atoms with van der Waals surface area (Å²) in [5.74, 6) is 0.306. The number of amides is 2. The Bertz CT molecular complexity index is 730. The van der Waals surface area contributed by atoms with E-state index in [-0.39, 0.29) is 18.2 Å². The van der Waals surface area contributed by atoms with Gasteiger partial charge in [-0.1, -0.05) is 23.1 Å². The zero-order valence-corrected chi connectivity index (χ0v) is 14.3. The molecule has 1 aromatic carbocycles. The minimum absolute atomic E-state index is 0.176. The summed E-state index contributed by atoms with van der Waals surface area (Å²) in [5, 5.41) is 8.33. The van der Waals surface area contributed by atoms with Gasteiger partial charge in [0.2, 0.25) is 11.8 Å². The maximum atomic E-state index is 12.5. The molecule has 0 aliphatic carbocycles. The van der Waals surface area contributed by atoms with Crippen molar-refractivity contribution in [2.75, 3.05) is 11.5 Å². The van der Waals surface area contributed by atoms with Crippen molar-refractivity contribution in [3.8, 4) is 5.75 Å². The van der Waals surface area contributed by atoms with Crippen molar-refractivity contribution >= 4 is 40.6 Å². The maximum absolute atomic E-state index is 12.5. The molecule has 0 bridgehead atoms. The molecule has 1 saturated heterocycles. The third-order valence-corrected chi connectivity index (χ3v) is 5.37. The number of aryl methyl sites for hydroxylation is 1. The summed E-state index contributed by atoms with van der Waals surface area (Å²) in [7, 11) is 0. The van der Waals surface area contributed by atoms with Gasteiger partial charge in [0.25, 0.3) is 0 Å². The van der Waals surface area contributed by atoms with Crippen LogP contribution in [0.15, 0.2) is 28.6 Å². The molecule has 2 aromatic rings. The fraction of sp³-hybridized carbons (Fsp3) is 0.333. The Kier molecular flexibility index (Phi) is 4.63. The number of aromatic nitrogens is 2. The normalized spacial score (nSPS) is 17.8. The van der Waals surface area contributed by atoms with E-state index in [1.54, 1.807) is 24.3 Å². The van der Waals surface area contributed by atoms with Crippen molar-refractivity contribution in [2.45, 2.75) is 29.9 Å². The van der Waals surface area contributed by atoms with Crippen molar-refractivity contribution in [2.24, 2.45) is 0 Å². The number of benzene rings is 1. The Labute approximate surface area is 141 Å². The number of hydrogen-bond donors (Lipinski definition) is 0. The van der Waals surface area contributed by atoms with Gasteiger partial charge in [-0.15, -0.1) is 10.2 Å². The van der Waals surface area contributed by atoms with Crippen molar-refractivity contribution in [1.29, 1.82) is 0 Å². The average Bonchev–Trinajstić information content (AvgIpc) is 3.05. The Balaban J connectivity index is 1.75. The first-order chi connectivity index (χ1) is 11.1. The Hall–Kier alpha value is -1.93. The number of imide groups is 1. The molecule has 3 rings (SSSR count). The van der Waals surface area contributed by atoms with Crippen molar-refractivity contribution in [3.63, 3.8) is 0 Å². The molecule has 2 amide bonds. The molecule has 8 heteroatoms. The number of rotatable bonds is 5. The van der Waals surface area contributed by atoms with E-state index in [1.165, 1.54) is 28.0 Å². The van der Waals surface area contributed by atoms with Crippen LogP contribution in [0.25, 0.3) is 0 Å². The molecule has 0 spiro atoms. The molecule has 1 aliphatic rings. The lowest BCUT2D eigenvalue weighted by Crippen LogP contribution is -2.31. The van der Waals surface area contributed by atoms with Gasteiger partial charge < -0.3 is 4.74 Å². The minimum atomic E-state index is -0.443. The van der Waals surface area contributed by atoms with Crippen LogP contribution < -0.4 is 9.64 Å². The summed E-state index contributed by atoms with van der Waals surface area (Å²) in [6.07, 6.45) is 0.176. The maximum Gasteiger partial charge on any atom is 0.247 e. The SMILES string of the molecule is CCOc1ccc(N2C(=O)C[C@H](Sc3nnc(C)s3)C2=O)cc1. The summed E-state index contributed by atoms with van der Waals surface area (Å²) >= 11 is 2.73. The van der Waals surface area contributed by atoms with E-state index in [2.05, 4.69) is 10.2 Å². The number of ether oxygens (including phenoxy) is 1. The predicted molar refractivity (Wildman–Crippen MR) is 89.0 cm³/mol. The van der Waals surface area contributed by atoms with Gasteiger partial charge in [0.05, 0.1) is 12.3 Å². The van der Waals surface area contributed by atoms with Crippen LogP contribution in [0.3, 0.4) is 0 Å². The number of anilines is 1. The van der Waals surface area contributed by atoms with Crippen LogP contribution in [-0.4, -0.2) is 33.9 Å². The van der Waals surface area contributed by atoms with Gasteiger partial charge in [0, 0.05) is 6.42 Å². The number of carbonyl (C=O) groups is 2. The molecule has 2 heterocycles. The summed E-state index contributed by atoms with van der Waals surface area (Å²) in [6.45, 7) is 4.33. The smallest absolute Gasteiger partial charge is 0.247 e. The van der Waals surface area contributed by atoms with Crippen LogP contribution in [0.4, 0.5) is 5.69 Å². The highest BCUT2D eigenvalue weighted by Crippen LogP contribution is 2.35. The van der Waals surface area contributed by atoms with Crippen LogP contribution in [0.2, 0.25) is 0 Å². The highest BCUT2D eigenvalue weighted by atomic mass is 32.2. The fourth-order valence-corrected chi connectivity index (χ4v) is 4.36. The predicted octanol–water partition coefficient (Wildman–Crippen LogP) is 2.67. The van der Waals surface area contributed by atoms with Crippen LogP contribution in [-0.2, 0) is 9.59 Å². The second-order valence-electron chi connectivity index (χ2n) is 4.89. The topological polar surface area (TPSA) is 72.4 Å². The van der Waals surface area contributed by atoms with Crippen LogP contribution in [0.1, 0.15) is 18.4 Å². The van der Waals surface area contributed by atoms with Crippen molar-refractivity contribution in [1.82, 2.24) is 10.2 Å². The molecule has 1 aliphatic heterocycles. The van der Waals surface area contributed by atoms with E-state index in [0.29, 0.717) is 22.4 Å². The lowest BCUT2D eigenvalue weighted by Gasteiger charge is -2.15. The Morgan fingerprint density at radius 3 is 2.65 bits per heavy atom. The van der Waals surface area contributed by atoms with Crippen molar-refractivity contribution < 1.29 is 14.3 Å². The molecule has 120 valence electrons. The standard InChI is InChI=1S/C15H15N3O3S2/c1-3-21-11-6-4-10(5-7-11)18-13(19)8-12(14(18)20)23-15-17-16-9(2)22-15/h4-7,12H,3,8H2,1-2H3/t12-/m0/s1. The molecular weight excluding hydrogens is 334 g/mol. The zero-order chi connectivity index (χ0) is 16.4. The molecule has 1 aromatic heterocycles. The van der Waals surface area contributed by atoms with Gasteiger partial charge in [-0.2, -0.15) is 0 Å². The first-order valence-corrected chi connectivity index (χ1v) is 8.84. The van der Waals surface area contributed by atoms with E-state index >= 15 is 0 Å². The zero-order valence-electron chi connectivity index (χ0n) is 12.7. The van der Waals surface area contributed by atoms with E-state index in [0.717, 1.165) is 5.01 Å². The first-order valence-electron chi connectivity index (χ1n) is 7.15. The monoisotopic (exact) mass is 349 g/mol. The average molecular weight is 349 g/mol. The van der Waals surface area contributed by atoms with E-state index in [4.69, 9.17) is 4.74 Å². The molecule has 1 fully saturated rings. The highest BCUT2D eigenvalue weighted by Gasteiger charge is 2.40.